The highest BCUT2D eigenvalue weighted by Gasteiger charge is 2.17. The number of primary amides is 1. The molecule has 0 saturated carbocycles. The standard InChI is InChI=1S/C14H11NO7/c1-6(16)21-11-3-8-10(4-12(11)22-7(2)17)20-5-9(13(8)18)14(15)19/h3-5H,1-2H3,(H2,15,19). The normalized spacial score (nSPS) is 10.3. The molecule has 2 rings (SSSR count). The fourth-order valence-corrected chi connectivity index (χ4v) is 1.78. The van der Waals surface area contributed by atoms with Crippen LogP contribution in [0.25, 0.3) is 11.0 Å². The van der Waals surface area contributed by atoms with Crippen LogP contribution in [-0.4, -0.2) is 17.8 Å². The van der Waals surface area contributed by atoms with E-state index in [2.05, 4.69) is 0 Å². The minimum Gasteiger partial charge on any atom is -0.463 e. The Balaban J connectivity index is 2.74. The van der Waals surface area contributed by atoms with Crippen LogP contribution in [0.5, 0.6) is 11.5 Å². The third-order valence-electron chi connectivity index (χ3n) is 2.61. The number of fused-ring (bicyclic) bond motifs is 1. The number of esters is 2. The Bertz CT molecular complexity index is 850. The van der Waals surface area contributed by atoms with E-state index in [1.165, 1.54) is 6.07 Å². The van der Waals surface area contributed by atoms with E-state index < -0.39 is 23.3 Å². The molecule has 0 fully saturated rings. The molecule has 0 aliphatic carbocycles. The van der Waals surface area contributed by atoms with Gasteiger partial charge in [0.25, 0.3) is 5.91 Å². The Hall–Kier alpha value is -3.16. The first-order valence-electron chi connectivity index (χ1n) is 6.05. The van der Waals surface area contributed by atoms with Gasteiger partial charge in [0, 0.05) is 19.9 Å². The lowest BCUT2D eigenvalue weighted by Gasteiger charge is -2.09. The molecule has 0 aliphatic heterocycles. The maximum absolute atomic E-state index is 12.1. The first-order valence-corrected chi connectivity index (χ1v) is 6.05. The number of amides is 1. The van der Waals surface area contributed by atoms with Crippen LogP contribution in [0.2, 0.25) is 0 Å². The molecule has 0 atom stereocenters. The van der Waals surface area contributed by atoms with Crippen LogP contribution in [0.15, 0.2) is 27.6 Å². The Morgan fingerprint density at radius 1 is 1.05 bits per heavy atom. The van der Waals surface area contributed by atoms with E-state index in [-0.39, 0.29) is 28.0 Å². The summed E-state index contributed by atoms with van der Waals surface area (Å²) in [5.41, 5.74) is 4.08. The third kappa shape index (κ3) is 2.95. The lowest BCUT2D eigenvalue weighted by Crippen LogP contribution is -2.21. The van der Waals surface area contributed by atoms with Gasteiger partial charge in [0.05, 0.1) is 5.39 Å². The molecule has 114 valence electrons. The second-order valence-electron chi connectivity index (χ2n) is 4.33. The van der Waals surface area contributed by atoms with Gasteiger partial charge in [0.1, 0.15) is 17.4 Å². The number of ether oxygens (including phenoxy) is 2. The van der Waals surface area contributed by atoms with Gasteiger partial charge in [-0.2, -0.15) is 0 Å². The molecule has 0 bridgehead atoms. The Kier molecular flexibility index (Phi) is 3.93. The molecule has 2 aromatic rings. The smallest absolute Gasteiger partial charge is 0.308 e. The van der Waals surface area contributed by atoms with Crippen molar-refractivity contribution < 1.29 is 28.3 Å². The summed E-state index contributed by atoms with van der Waals surface area (Å²) in [4.78, 5) is 45.5. The fraction of sp³-hybridized carbons (Fsp3) is 0.143. The summed E-state index contributed by atoms with van der Waals surface area (Å²) in [5.74, 6) is -2.52. The zero-order valence-electron chi connectivity index (χ0n) is 11.7. The van der Waals surface area contributed by atoms with E-state index >= 15 is 0 Å². The van der Waals surface area contributed by atoms with Crippen LogP contribution >= 0.6 is 0 Å². The highest BCUT2D eigenvalue weighted by atomic mass is 16.6. The summed E-state index contributed by atoms with van der Waals surface area (Å²) >= 11 is 0. The average Bonchev–Trinajstić information content (AvgIpc) is 2.39. The van der Waals surface area contributed by atoms with Gasteiger partial charge < -0.3 is 19.6 Å². The maximum Gasteiger partial charge on any atom is 0.308 e. The molecule has 0 aliphatic rings. The van der Waals surface area contributed by atoms with Gasteiger partial charge in [0.2, 0.25) is 5.43 Å². The molecule has 0 unspecified atom stereocenters. The van der Waals surface area contributed by atoms with E-state index in [9.17, 15) is 19.2 Å². The van der Waals surface area contributed by atoms with Crippen molar-refractivity contribution in [3.63, 3.8) is 0 Å². The molecule has 1 aromatic heterocycles. The summed E-state index contributed by atoms with van der Waals surface area (Å²) < 4.78 is 14.9. The Morgan fingerprint density at radius 2 is 1.59 bits per heavy atom. The quantitative estimate of drug-likeness (QED) is 0.654. The molecule has 0 radical (unpaired) electrons. The summed E-state index contributed by atoms with van der Waals surface area (Å²) in [6.45, 7) is 2.30. The van der Waals surface area contributed by atoms with E-state index in [0.717, 1.165) is 26.2 Å². The number of rotatable bonds is 3. The van der Waals surface area contributed by atoms with Crippen LogP contribution in [0.1, 0.15) is 24.2 Å². The minimum absolute atomic E-state index is 0.0385. The summed E-state index contributed by atoms with van der Waals surface area (Å²) in [6.07, 6.45) is 0.913. The van der Waals surface area contributed by atoms with E-state index in [4.69, 9.17) is 19.6 Å². The molecule has 2 N–H and O–H groups in total. The zero-order valence-corrected chi connectivity index (χ0v) is 11.7. The van der Waals surface area contributed by atoms with Crippen LogP contribution in [0.3, 0.4) is 0 Å². The van der Waals surface area contributed by atoms with Gasteiger partial charge >= 0.3 is 11.9 Å². The number of carbonyl (C=O) groups is 3. The second kappa shape index (κ2) is 5.68. The highest BCUT2D eigenvalue weighted by molar-refractivity contribution is 5.96. The van der Waals surface area contributed by atoms with Crippen molar-refractivity contribution in [2.45, 2.75) is 13.8 Å². The summed E-state index contributed by atoms with van der Waals surface area (Å²) in [6, 6.07) is 2.36. The van der Waals surface area contributed by atoms with Crippen LogP contribution in [0.4, 0.5) is 0 Å². The maximum atomic E-state index is 12.1. The molecule has 1 heterocycles. The van der Waals surface area contributed by atoms with E-state index in [0.29, 0.717) is 0 Å². The molecular formula is C14H11NO7. The van der Waals surface area contributed by atoms with Crippen molar-refractivity contribution in [2.75, 3.05) is 0 Å². The predicted octanol–water partition coefficient (Wildman–Crippen LogP) is 0.743. The predicted molar refractivity (Wildman–Crippen MR) is 73.6 cm³/mol. The first kappa shape index (κ1) is 15.2. The van der Waals surface area contributed by atoms with Gasteiger partial charge in [-0.3, -0.25) is 19.2 Å². The van der Waals surface area contributed by atoms with Crippen molar-refractivity contribution in [1.29, 1.82) is 0 Å². The molecule has 1 amide bonds. The lowest BCUT2D eigenvalue weighted by atomic mass is 10.1. The second-order valence-corrected chi connectivity index (χ2v) is 4.33. The first-order chi connectivity index (χ1) is 10.3. The Labute approximate surface area is 123 Å². The van der Waals surface area contributed by atoms with Crippen LogP contribution in [0, 0.1) is 0 Å². The third-order valence-corrected chi connectivity index (χ3v) is 2.61. The Morgan fingerprint density at radius 3 is 2.09 bits per heavy atom. The van der Waals surface area contributed by atoms with Gasteiger partial charge in [-0.05, 0) is 6.07 Å². The van der Waals surface area contributed by atoms with Crippen LogP contribution in [-0.2, 0) is 9.59 Å². The molecular weight excluding hydrogens is 294 g/mol. The van der Waals surface area contributed by atoms with Crippen molar-refractivity contribution in [3.8, 4) is 11.5 Å². The highest BCUT2D eigenvalue weighted by Crippen LogP contribution is 2.32. The summed E-state index contributed by atoms with van der Waals surface area (Å²) in [5, 5.41) is -0.0385. The van der Waals surface area contributed by atoms with Crippen molar-refractivity contribution in [2.24, 2.45) is 5.73 Å². The van der Waals surface area contributed by atoms with Crippen molar-refractivity contribution in [3.05, 3.63) is 34.2 Å². The largest absolute Gasteiger partial charge is 0.463 e. The monoisotopic (exact) mass is 305 g/mol. The van der Waals surface area contributed by atoms with Gasteiger partial charge in [-0.15, -0.1) is 0 Å². The minimum atomic E-state index is -0.950. The van der Waals surface area contributed by atoms with E-state index in [1.807, 2.05) is 0 Å². The number of benzene rings is 1. The number of nitrogens with two attached hydrogens (primary N) is 1. The summed E-state index contributed by atoms with van der Waals surface area (Å²) in [7, 11) is 0. The van der Waals surface area contributed by atoms with Crippen molar-refractivity contribution >= 4 is 28.8 Å². The zero-order chi connectivity index (χ0) is 16.4. The average molecular weight is 305 g/mol. The van der Waals surface area contributed by atoms with E-state index in [1.54, 1.807) is 0 Å². The van der Waals surface area contributed by atoms with Crippen LogP contribution < -0.4 is 20.6 Å². The van der Waals surface area contributed by atoms with Gasteiger partial charge in [-0.25, -0.2) is 0 Å². The fourth-order valence-electron chi connectivity index (χ4n) is 1.78. The SMILES string of the molecule is CC(=O)Oc1cc2occ(C(N)=O)c(=O)c2cc1OC(C)=O. The van der Waals surface area contributed by atoms with Crippen molar-refractivity contribution in [1.82, 2.24) is 0 Å². The molecule has 1 aromatic carbocycles. The molecule has 0 saturated heterocycles. The molecule has 22 heavy (non-hydrogen) atoms. The van der Waals surface area contributed by atoms with Gasteiger partial charge in [-0.1, -0.05) is 0 Å². The molecule has 8 heteroatoms. The van der Waals surface area contributed by atoms with Gasteiger partial charge in [0.15, 0.2) is 11.5 Å². The number of carbonyl (C=O) groups excluding carboxylic acids is 3. The number of hydrogen-bond donors (Lipinski definition) is 1. The molecule has 0 spiro atoms. The number of hydrogen-bond acceptors (Lipinski definition) is 7. The molecule has 8 nitrogen and oxygen atoms in total. The lowest BCUT2D eigenvalue weighted by molar-refractivity contribution is -0.134. The topological polar surface area (TPSA) is 126 Å².